The molecule has 1 heterocycles. The molecule has 0 bridgehead atoms. The number of hydrogen-bond donors (Lipinski definition) is 1. The molecule has 20 heavy (non-hydrogen) atoms. The lowest BCUT2D eigenvalue weighted by atomic mass is 10.1. The van der Waals surface area contributed by atoms with Crippen molar-refractivity contribution in [1.29, 1.82) is 5.26 Å². The van der Waals surface area contributed by atoms with Crippen molar-refractivity contribution in [2.45, 2.75) is 25.1 Å². The van der Waals surface area contributed by atoms with Crippen LogP contribution >= 0.6 is 0 Å². The van der Waals surface area contributed by atoms with E-state index in [0.29, 0.717) is 19.4 Å². The van der Waals surface area contributed by atoms with Crippen LogP contribution in [0.25, 0.3) is 0 Å². The average Bonchev–Trinajstić information content (AvgIpc) is 2.86. The molecule has 1 atom stereocenters. The molecule has 1 aliphatic heterocycles. The van der Waals surface area contributed by atoms with Crippen LogP contribution in [0, 0.1) is 11.3 Å². The first-order valence-corrected chi connectivity index (χ1v) is 5.95. The summed E-state index contributed by atoms with van der Waals surface area (Å²) < 4.78 is 37.8. The number of nitriles is 1. The van der Waals surface area contributed by atoms with Gasteiger partial charge in [-0.3, -0.25) is 0 Å². The third-order valence-corrected chi connectivity index (χ3v) is 3.29. The number of rotatable bonds is 2. The second-order valence-corrected chi connectivity index (χ2v) is 4.53. The van der Waals surface area contributed by atoms with Gasteiger partial charge in [-0.15, -0.1) is 0 Å². The number of hydrogen-bond acceptors (Lipinski definition) is 3. The summed E-state index contributed by atoms with van der Waals surface area (Å²) in [6.07, 6.45) is -3.48. The zero-order valence-electron chi connectivity index (χ0n) is 10.3. The Morgan fingerprint density at radius 2 is 2.15 bits per heavy atom. The van der Waals surface area contributed by atoms with Crippen molar-refractivity contribution < 1.29 is 23.1 Å². The smallest absolute Gasteiger partial charge is 0.416 e. The lowest BCUT2D eigenvalue weighted by Gasteiger charge is -2.25. The molecule has 1 N–H and O–H groups in total. The number of carboxylic acids is 1. The second-order valence-electron chi connectivity index (χ2n) is 4.53. The summed E-state index contributed by atoms with van der Waals surface area (Å²) >= 11 is 0. The van der Waals surface area contributed by atoms with Crippen LogP contribution in [0.15, 0.2) is 18.2 Å². The third-order valence-electron chi connectivity index (χ3n) is 3.29. The van der Waals surface area contributed by atoms with Crippen LogP contribution < -0.4 is 4.90 Å². The van der Waals surface area contributed by atoms with E-state index in [2.05, 4.69) is 0 Å². The quantitative estimate of drug-likeness (QED) is 0.906. The molecule has 4 nitrogen and oxygen atoms in total. The Balaban J connectivity index is 2.43. The van der Waals surface area contributed by atoms with E-state index in [1.807, 2.05) is 0 Å². The molecule has 2 rings (SSSR count). The first-order chi connectivity index (χ1) is 9.34. The van der Waals surface area contributed by atoms with Crippen LogP contribution in [-0.4, -0.2) is 23.7 Å². The highest BCUT2D eigenvalue weighted by Gasteiger charge is 2.34. The first kappa shape index (κ1) is 14.2. The number of anilines is 1. The van der Waals surface area contributed by atoms with Gasteiger partial charge in [0.05, 0.1) is 16.8 Å². The number of benzene rings is 1. The Morgan fingerprint density at radius 1 is 1.45 bits per heavy atom. The van der Waals surface area contributed by atoms with Crippen molar-refractivity contribution >= 4 is 11.7 Å². The summed E-state index contributed by atoms with van der Waals surface area (Å²) in [5.41, 5.74) is -0.831. The van der Waals surface area contributed by atoms with Crippen LogP contribution in [0.1, 0.15) is 24.0 Å². The summed E-state index contributed by atoms with van der Waals surface area (Å²) in [4.78, 5) is 12.6. The summed E-state index contributed by atoms with van der Waals surface area (Å²) in [6.45, 7) is 0.414. The molecule has 1 aromatic rings. The highest BCUT2D eigenvalue weighted by Crippen LogP contribution is 2.34. The number of aliphatic carboxylic acids is 1. The minimum absolute atomic E-state index is 0.159. The molecular weight excluding hydrogens is 273 g/mol. The number of halogens is 3. The van der Waals surface area contributed by atoms with Crippen LogP contribution in [0.5, 0.6) is 0 Å². The largest absolute Gasteiger partial charge is 0.480 e. The molecule has 106 valence electrons. The fourth-order valence-electron chi connectivity index (χ4n) is 2.36. The van der Waals surface area contributed by atoms with Crippen molar-refractivity contribution in [3.8, 4) is 6.07 Å². The Hall–Kier alpha value is -2.23. The minimum atomic E-state index is -4.53. The Kier molecular flexibility index (Phi) is 3.57. The van der Waals surface area contributed by atoms with Gasteiger partial charge in [0.25, 0.3) is 0 Å². The van der Waals surface area contributed by atoms with Gasteiger partial charge in [-0.25, -0.2) is 4.79 Å². The van der Waals surface area contributed by atoms with Crippen LogP contribution in [0.2, 0.25) is 0 Å². The highest BCUT2D eigenvalue weighted by atomic mass is 19.4. The van der Waals surface area contributed by atoms with Crippen molar-refractivity contribution in [3.05, 3.63) is 29.3 Å². The van der Waals surface area contributed by atoms with Crippen molar-refractivity contribution in [3.63, 3.8) is 0 Å². The number of carboxylic acid groups (broad SMARTS) is 1. The standard InChI is InChI=1S/C13H11F3N2O2/c14-13(15,16)9-3-4-10(8(6-9)7-17)18-5-1-2-11(18)12(19)20/h3-4,6,11H,1-2,5H2,(H,19,20)/t11-/m0/s1. The van der Waals surface area contributed by atoms with E-state index in [1.165, 1.54) is 11.0 Å². The van der Waals surface area contributed by atoms with Crippen molar-refractivity contribution in [2.75, 3.05) is 11.4 Å². The molecule has 0 spiro atoms. The maximum absolute atomic E-state index is 12.6. The van der Waals surface area contributed by atoms with Crippen molar-refractivity contribution in [1.82, 2.24) is 0 Å². The Bertz CT molecular complexity index is 578. The second kappa shape index (κ2) is 5.04. The molecule has 0 unspecified atom stereocenters. The zero-order valence-corrected chi connectivity index (χ0v) is 10.3. The van der Waals surface area contributed by atoms with Gasteiger partial charge in [-0.2, -0.15) is 18.4 Å². The molecule has 0 saturated carbocycles. The lowest BCUT2D eigenvalue weighted by molar-refractivity contribution is -0.139. The van der Waals surface area contributed by atoms with E-state index in [-0.39, 0.29) is 11.3 Å². The van der Waals surface area contributed by atoms with Gasteiger partial charge >= 0.3 is 12.1 Å². The highest BCUT2D eigenvalue weighted by molar-refractivity contribution is 5.80. The topological polar surface area (TPSA) is 64.3 Å². The monoisotopic (exact) mass is 284 g/mol. The van der Waals surface area contributed by atoms with E-state index in [4.69, 9.17) is 10.4 Å². The van der Waals surface area contributed by atoms with Crippen LogP contribution in [0.3, 0.4) is 0 Å². The number of carbonyl (C=O) groups is 1. The molecule has 7 heteroatoms. The van der Waals surface area contributed by atoms with Gasteiger partial charge in [0, 0.05) is 6.54 Å². The van der Waals surface area contributed by atoms with Crippen molar-refractivity contribution in [2.24, 2.45) is 0 Å². The maximum atomic E-state index is 12.6. The predicted octanol–water partition coefficient (Wildman–Crippen LogP) is 2.63. The fraction of sp³-hybridized carbons (Fsp3) is 0.385. The molecule has 1 aliphatic rings. The van der Waals surface area contributed by atoms with Gasteiger partial charge in [0.15, 0.2) is 0 Å². The Labute approximate surface area is 113 Å². The van der Waals surface area contributed by atoms with Crippen LogP contribution in [0.4, 0.5) is 18.9 Å². The predicted molar refractivity (Wildman–Crippen MR) is 64.2 cm³/mol. The maximum Gasteiger partial charge on any atom is 0.416 e. The van der Waals surface area contributed by atoms with E-state index in [9.17, 15) is 18.0 Å². The van der Waals surface area contributed by atoms with Gasteiger partial charge in [0.1, 0.15) is 12.1 Å². The van der Waals surface area contributed by atoms with E-state index in [0.717, 1.165) is 12.1 Å². The van der Waals surface area contributed by atoms with Gasteiger partial charge in [-0.05, 0) is 31.0 Å². The summed E-state index contributed by atoms with van der Waals surface area (Å²) in [5.74, 6) is -1.04. The van der Waals surface area contributed by atoms with E-state index < -0.39 is 23.8 Å². The summed E-state index contributed by atoms with van der Waals surface area (Å²) in [7, 11) is 0. The number of alkyl halides is 3. The van der Waals surface area contributed by atoms with Gasteiger partial charge < -0.3 is 10.0 Å². The normalized spacial score (nSPS) is 18.9. The summed E-state index contributed by atoms with van der Waals surface area (Å²) in [6, 6.07) is 3.71. The SMILES string of the molecule is N#Cc1cc(C(F)(F)F)ccc1N1CCC[C@H]1C(=O)O. The average molecular weight is 284 g/mol. The van der Waals surface area contributed by atoms with Gasteiger partial charge in [0.2, 0.25) is 0 Å². The minimum Gasteiger partial charge on any atom is -0.480 e. The number of nitrogens with zero attached hydrogens (tertiary/aromatic N) is 2. The molecule has 0 aliphatic carbocycles. The molecule has 0 aromatic heterocycles. The van der Waals surface area contributed by atoms with E-state index in [1.54, 1.807) is 6.07 Å². The summed E-state index contributed by atoms with van der Waals surface area (Å²) in [5, 5.41) is 18.1. The van der Waals surface area contributed by atoms with Gasteiger partial charge in [-0.1, -0.05) is 0 Å². The third kappa shape index (κ3) is 2.54. The fourth-order valence-corrected chi connectivity index (χ4v) is 2.36. The molecule has 1 saturated heterocycles. The molecular formula is C13H11F3N2O2. The zero-order chi connectivity index (χ0) is 14.9. The van der Waals surface area contributed by atoms with E-state index >= 15 is 0 Å². The Morgan fingerprint density at radius 3 is 2.70 bits per heavy atom. The molecule has 0 amide bonds. The van der Waals surface area contributed by atoms with Crippen LogP contribution in [-0.2, 0) is 11.0 Å². The molecule has 1 fully saturated rings. The lowest BCUT2D eigenvalue weighted by Crippen LogP contribution is -2.36. The first-order valence-electron chi connectivity index (χ1n) is 5.95. The molecule has 0 radical (unpaired) electrons. The molecule has 1 aromatic carbocycles.